The van der Waals surface area contributed by atoms with Crippen LogP contribution in [0, 0.1) is 0 Å². The predicted octanol–water partition coefficient (Wildman–Crippen LogP) is 2.81. The van der Waals surface area contributed by atoms with E-state index in [0.717, 1.165) is 16.9 Å². The van der Waals surface area contributed by atoms with Gasteiger partial charge in [-0.25, -0.2) is 0 Å². The Hall–Kier alpha value is -2.85. The van der Waals surface area contributed by atoms with Crippen molar-refractivity contribution in [1.29, 1.82) is 0 Å². The monoisotopic (exact) mass is 335 g/mol. The zero-order chi connectivity index (χ0) is 17.5. The normalized spacial score (nSPS) is 12.1. The minimum Gasteiger partial charge on any atom is -0.463 e. The van der Waals surface area contributed by atoms with Crippen molar-refractivity contribution in [1.82, 2.24) is 5.32 Å². The summed E-state index contributed by atoms with van der Waals surface area (Å²) in [5, 5.41) is 5.12. The maximum atomic E-state index is 12.5. The fraction of sp³-hybridized carbons (Fsp3) is 0.190. The van der Waals surface area contributed by atoms with Gasteiger partial charge in [0.25, 0.3) is 5.91 Å². The summed E-state index contributed by atoms with van der Waals surface area (Å²) in [6, 6.07) is 23.8. The summed E-state index contributed by atoms with van der Waals surface area (Å²) in [6.07, 6.45) is 1.65. The molecule has 4 heteroatoms. The van der Waals surface area contributed by atoms with Crippen LogP contribution in [0.5, 0.6) is 0 Å². The zero-order valence-corrected chi connectivity index (χ0v) is 14.3. The third kappa shape index (κ3) is 4.58. The fourth-order valence-electron chi connectivity index (χ4n) is 2.82. The Morgan fingerprint density at radius 3 is 2.08 bits per heavy atom. The van der Waals surface area contributed by atoms with Gasteiger partial charge >= 0.3 is 0 Å². The fourth-order valence-corrected chi connectivity index (χ4v) is 2.82. The van der Waals surface area contributed by atoms with E-state index in [0.29, 0.717) is 6.54 Å². The molecule has 4 nitrogen and oxygen atoms in total. The second-order valence-electron chi connectivity index (χ2n) is 6.07. The molecule has 0 aliphatic carbocycles. The minimum atomic E-state index is -0.151. The number of furan rings is 1. The van der Waals surface area contributed by atoms with E-state index >= 15 is 0 Å². The van der Waals surface area contributed by atoms with Gasteiger partial charge in [0, 0.05) is 0 Å². The van der Waals surface area contributed by atoms with Crippen LogP contribution in [0.4, 0.5) is 0 Å². The van der Waals surface area contributed by atoms with Crippen molar-refractivity contribution >= 4 is 5.91 Å². The van der Waals surface area contributed by atoms with Gasteiger partial charge < -0.3 is 15.1 Å². The van der Waals surface area contributed by atoms with E-state index in [1.807, 2.05) is 85.0 Å². The summed E-state index contributed by atoms with van der Waals surface area (Å²) >= 11 is 0. The van der Waals surface area contributed by atoms with E-state index < -0.39 is 0 Å². The van der Waals surface area contributed by atoms with Crippen LogP contribution in [0.3, 0.4) is 0 Å². The molecule has 1 heterocycles. The summed E-state index contributed by atoms with van der Waals surface area (Å²) in [5.41, 5.74) is 2.14. The molecule has 0 saturated carbocycles. The Bertz CT molecular complexity index is 731. The van der Waals surface area contributed by atoms with Crippen LogP contribution in [0.1, 0.15) is 35.9 Å². The maximum Gasteiger partial charge on any atom is 0.275 e. The van der Waals surface area contributed by atoms with E-state index in [4.69, 9.17) is 4.42 Å². The Kier molecular flexibility index (Phi) is 5.65. The van der Waals surface area contributed by atoms with Crippen molar-refractivity contribution in [2.24, 2.45) is 0 Å². The number of rotatable bonds is 7. The minimum absolute atomic E-state index is 0.00360. The van der Waals surface area contributed by atoms with E-state index in [2.05, 4.69) is 5.32 Å². The van der Waals surface area contributed by atoms with E-state index in [1.54, 1.807) is 6.26 Å². The van der Waals surface area contributed by atoms with Crippen molar-refractivity contribution in [3.05, 3.63) is 95.9 Å². The zero-order valence-electron chi connectivity index (χ0n) is 14.3. The molecule has 1 amide bonds. The quantitative estimate of drug-likeness (QED) is 0.697. The Balaban J connectivity index is 1.67. The second-order valence-corrected chi connectivity index (χ2v) is 6.07. The van der Waals surface area contributed by atoms with Crippen molar-refractivity contribution in [2.45, 2.75) is 19.0 Å². The third-order valence-electron chi connectivity index (χ3n) is 4.22. The molecule has 0 fully saturated rings. The van der Waals surface area contributed by atoms with Crippen LogP contribution in [0.25, 0.3) is 0 Å². The molecule has 0 spiro atoms. The lowest BCUT2D eigenvalue weighted by atomic mass is 9.99. The average molecular weight is 335 g/mol. The first-order valence-corrected chi connectivity index (χ1v) is 8.50. The van der Waals surface area contributed by atoms with Gasteiger partial charge in [-0.2, -0.15) is 0 Å². The van der Waals surface area contributed by atoms with Gasteiger partial charge in [0.05, 0.1) is 12.3 Å². The van der Waals surface area contributed by atoms with Gasteiger partial charge in [-0.15, -0.1) is 0 Å². The number of hydrogen-bond acceptors (Lipinski definition) is 2. The predicted molar refractivity (Wildman–Crippen MR) is 96.8 cm³/mol. The molecule has 0 aliphatic heterocycles. The molecule has 1 atom stereocenters. The van der Waals surface area contributed by atoms with Crippen LogP contribution in [-0.4, -0.2) is 12.5 Å². The van der Waals surface area contributed by atoms with Gasteiger partial charge in [-0.3, -0.25) is 4.79 Å². The molecule has 3 rings (SSSR count). The molecule has 0 aliphatic rings. The Labute approximate surface area is 147 Å². The van der Waals surface area contributed by atoms with E-state index in [-0.39, 0.29) is 18.0 Å². The topological polar surface area (TPSA) is 58.9 Å². The van der Waals surface area contributed by atoms with Crippen molar-refractivity contribution in [3.8, 4) is 0 Å². The number of amides is 1. The van der Waals surface area contributed by atoms with Gasteiger partial charge in [-0.05, 0) is 30.2 Å². The lowest BCUT2D eigenvalue weighted by Crippen LogP contribution is -2.87. The lowest BCUT2D eigenvalue weighted by molar-refractivity contribution is -0.684. The van der Waals surface area contributed by atoms with Gasteiger partial charge in [0.1, 0.15) is 6.04 Å². The third-order valence-corrected chi connectivity index (χ3v) is 4.22. The van der Waals surface area contributed by atoms with E-state index in [1.165, 1.54) is 0 Å². The molecule has 0 saturated heterocycles. The summed E-state index contributed by atoms with van der Waals surface area (Å²) < 4.78 is 5.38. The molecule has 1 aromatic heterocycles. The molecular formula is C21H23N2O2+. The largest absolute Gasteiger partial charge is 0.463 e. The standard InChI is InChI=1S/C21H22N2O2/c1-16(19-13-8-14-25-19)22-15-20(24)23-21(17-9-4-2-5-10-17)18-11-6-3-7-12-18/h2-14,16,21-22H,15H2,1H3,(H,23,24)/p+1/t16-/m1/s1. The summed E-state index contributed by atoms with van der Waals surface area (Å²) in [6.45, 7) is 2.37. The molecule has 128 valence electrons. The highest BCUT2D eigenvalue weighted by Crippen LogP contribution is 2.21. The highest BCUT2D eigenvalue weighted by molar-refractivity contribution is 5.77. The Morgan fingerprint density at radius 2 is 1.56 bits per heavy atom. The molecular weight excluding hydrogens is 312 g/mol. The average Bonchev–Trinajstić information content (AvgIpc) is 3.20. The van der Waals surface area contributed by atoms with Crippen LogP contribution in [0.15, 0.2) is 83.5 Å². The smallest absolute Gasteiger partial charge is 0.275 e. The SMILES string of the molecule is C[C@@H]([NH2+]CC(=O)NC(c1ccccc1)c1ccccc1)c1ccco1. The molecule has 25 heavy (non-hydrogen) atoms. The lowest BCUT2D eigenvalue weighted by Gasteiger charge is -2.20. The van der Waals surface area contributed by atoms with Crippen molar-refractivity contribution < 1.29 is 14.5 Å². The van der Waals surface area contributed by atoms with Gasteiger partial charge in [0.2, 0.25) is 0 Å². The summed E-state index contributed by atoms with van der Waals surface area (Å²) in [4.78, 5) is 12.5. The highest BCUT2D eigenvalue weighted by Gasteiger charge is 2.19. The molecule has 3 N–H and O–H groups in total. The number of carbonyl (C=O) groups excluding carboxylic acids is 1. The first-order chi connectivity index (χ1) is 12.2. The maximum absolute atomic E-state index is 12.5. The molecule has 2 aromatic carbocycles. The van der Waals surface area contributed by atoms with Crippen molar-refractivity contribution in [3.63, 3.8) is 0 Å². The number of nitrogens with one attached hydrogen (secondary N) is 1. The van der Waals surface area contributed by atoms with Crippen LogP contribution >= 0.6 is 0 Å². The van der Waals surface area contributed by atoms with Gasteiger partial charge in [-0.1, -0.05) is 60.7 Å². The van der Waals surface area contributed by atoms with Crippen LogP contribution < -0.4 is 10.6 Å². The number of hydrogen-bond donors (Lipinski definition) is 2. The Morgan fingerprint density at radius 1 is 0.960 bits per heavy atom. The summed E-state index contributed by atoms with van der Waals surface area (Å²) in [7, 11) is 0. The van der Waals surface area contributed by atoms with Crippen LogP contribution in [0.2, 0.25) is 0 Å². The molecule has 0 radical (unpaired) electrons. The van der Waals surface area contributed by atoms with Crippen molar-refractivity contribution in [2.75, 3.05) is 6.54 Å². The number of nitrogens with two attached hydrogens (primary N) is 1. The molecule has 0 unspecified atom stereocenters. The number of carbonyl (C=O) groups is 1. The highest BCUT2D eigenvalue weighted by atomic mass is 16.3. The second kappa shape index (κ2) is 8.31. The first-order valence-electron chi connectivity index (χ1n) is 8.50. The van der Waals surface area contributed by atoms with Gasteiger partial charge in [0.15, 0.2) is 12.3 Å². The summed E-state index contributed by atoms with van der Waals surface area (Å²) in [5.74, 6) is 0.867. The number of quaternary nitrogens is 1. The van der Waals surface area contributed by atoms with E-state index in [9.17, 15) is 4.79 Å². The molecule has 3 aromatic rings. The van der Waals surface area contributed by atoms with Crippen LogP contribution in [-0.2, 0) is 4.79 Å². The number of benzene rings is 2. The molecule has 0 bridgehead atoms. The first kappa shape index (κ1) is 17.0.